The van der Waals surface area contributed by atoms with Crippen LogP contribution in [0.5, 0.6) is 0 Å². The fourth-order valence-electron chi connectivity index (χ4n) is 11.3. The largest absolute Gasteiger partial charge is 0.308 e. The van der Waals surface area contributed by atoms with Gasteiger partial charge in [-0.25, -0.2) is 0 Å². The van der Waals surface area contributed by atoms with Crippen molar-refractivity contribution in [2.45, 2.75) is 105 Å². The lowest BCUT2D eigenvalue weighted by atomic mass is 9.84. The van der Waals surface area contributed by atoms with Crippen molar-refractivity contribution in [3.8, 4) is 33.4 Å². The summed E-state index contributed by atoms with van der Waals surface area (Å²) in [4.78, 5) is 4.75. The summed E-state index contributed by atoms with van der Waals surface area (Å²) in [5.74, 6) is 0. The zero-order valence-electron chi connectivity index (χ0n) is 48.1. The molecule has 0 heterocycles. The van der Waals surface area contributed by atoms with Gasteiger partial charge in [-0.3, -0.25) is 0 Å². The minimum absolute atomic E-state index is 0.0221. The van der Waals surface area contributed by atoms with Crippen LogP contribution in [0.3, 0.4) is 0 Å². The highest BCUT2D eigenvalue weighted by Crippen LogP contribution is 2.51. The second-order valence-electron chi connectivity index (χ2n) is 25.6. The molecule has 0 amide bonds. The molecule has 0 radical (unpaired) electrons. The number of anilines is 6. The number of nitrogens with zero attached hydrogens (tertiary/aromatic N) is 2. The minimum Gasteiger partial charge on any atom is -0.308 e. The molecule has 3 heteroatoms. The maximum Gasteiger partial charge on any atom is 0.0887 e. The number of halogens is 1. The molecule has 11 rings (SSSR count). The van der Waals surface area contributed by atoms with Gasteiger partial charge in [-0.1, -0.05) is 258 Å². The van der Waals surface area contributed by atoms with E-state index in [2.05, 4.69) is 317 Å². The Morgan fingerprint density at radius 1 is 0.253 bits per heavy atom. The molecule has 0 aliphatic rings. The van der Waals surface area contributed by atoms with Crippen molar-refractivity contribution in [1.82, 2.24) is 0 Å². The van der Waals surface area contributed by atoms with Gasteiger partial charge in [0, 0.05) is 22.5 Å². The van der Waals surface area contributed by atoms with Crippen LogP contribution in [0.2, 0.25) is 5.02 Å². The number of hydrogen-bond acceptors (Lipinski definition) is 2. The molecule has 0 N–H and O–H groups in total. The summed E-state index contributed by atoms with van der Waals surface area (Å²) in [6.45, 7) is 27.3. The molecule has 0 unspecified atom stereocenters. The lowest BCUT2D eigenvalue weighted by Gasteiger charge is -2.33. The number of para-hydroxylation sites is 1. The van der Waals surface area contributed by atoms with Gasteiger partial charge in [0.25, 0.3) is 0 Å². The molecular weight excluding hydrogens is 976 g/mol. The average molecular weight is 1050 g/mol. The van der Waals surface area contributed by atoms with Crippen LogP contribution in [-0.4, -0.2) is 0 Å². The predicted octanol–water partition coefficient (Wildman–Crippen LogP) is 22.9. The third-order valence-electron chi connectivity index (χ3n) is 16.0. The molecule has 0 aliphatic heterocycles. The maximum absolute atomic E-state index is 8.27. The van der Waals surface area contributed by atoms with Crippen LogP contribution in [0.15, 0.2) is 224 Å². The molecule has 0 aliphatic carbocycles. The van der Waals surface area contributed by atoms with Crippen molar-refractivity contribution in [3.05, 3.63) is 252 Å². The number of rotatable bonds is 9. The smallest absolute Gasteiger partial charge is 0.0887 e. The number of benzene rings is 11. The van der Waals surface area contributed by atoms with Crippen molar-refractivity contribution in [1.29, 1.82) is 0 Å². The Morgan fingerprint density at radius 3 is 1.08 bits per heavy atom. The zero-order valence-corrected chi connectivity index (χ0v) is 48.9. The van der Waals surface area contributed by atoms with E-state index in [1.807, 2.05) is 0 Å². The topological polar surface area (TPSA) is 6.48 Å². The lowest BCUT2D eigenvalue weighted by molar-refractivity contribution is 0.590. The standard InChI is InChI=1S/C76H73ClN2/c1-73(2,3)54-35-28-50(29-36-54)51-32-42-58(43-33-51)79(69-47-41-57(76(10,11)12)49-66(69)53-34-46-65-63-23-14-13-21-61(63)62-22-15-16-24-64(62)67(65)48-53)71-27-19-26-70(72(71)77)78(59-44-39-56(40-45-59)75(7,8)9)68-25-18-17-20-60(68)52-30-37-55(38-31-52)74(4,5)6/h13-49H,1-12H3. The molecule has 0 saturated heterocycles. The quantitative estimate of drug-likeness (QED) is 0.133. The zero-order chi connectivity index (χ0) is 55.6. The van der Waals surface area contributed by atoms with Gasteiger partial charge >= 0.3 is 0 Å². The van der Waals surface area contributed by atoms with E-state index < -0.39 is 0 Å². The summed E-state index contributed by atoms with van der Waals surface area (Å²) in [7, 11) is 0. The molecule has 0 atom stereocenters. The fraction of sp³-hybridized carbons (Fsp3) is 0.211. The van der Waals surface area contributed by atoms with E-state index >= 15 is 0 Å². The average Bonchev–Trinajstić information content (AvgIpc) is 3.64. The predicted molar refractivity (Wildman–Crippen MR) is 344 cm³/mol. The SMILES string of the molecule is CC(C)(C)c1ccc(-c2ccc(N(c3ccc(C(C)(C)C)cc3-c3ccc4c5ccccc5c5ccccc5c4c3)c3cccc(N(c4ccc(C(C)(C)C)cc4)c4ccccc4-c4ccc(C(C)(C)C)cc4)c3Cl)cc2)cc1. The molecule has 0 fully saturated rings. The lowest BCUT2D eigenvalue weighted by Crippen LogP contribution is -2.17. The Hall–Kier alpha value is -7.91. The van der Waals surface area contributed by atoms with E-state index in [0.29, 0.717) is 5.02 Å². The minimum atomic E-state index is -0.122. The van der Waals surface area contributed by atoms with Crippen LogP contribution in [0.1, 0.15) is 105 Å². The molecule has 11 aromatic carbocycles. The van der Waals surface area contributed by atoms with Crippen molar-refractivity contribution in [2.75, 3.05) is 9.80 Å². The van der Waals surface area contributed by atoms with Gasteiger partial charge in [-0.15, -0.1) is 0 Å². The molecular formula is C76H73ClN2. The second kappa shape index (κ2) is 20.4. The first-order valence-electron chi connectivity index (χ1n) is 28.0. The van der Waals surface area contributed by atoms with E-state index in [0.717, 1.165) is 61.9 Å². The van der Waals surface area contributed by atoms with Gasteiger partial charge in [0.1, 0.15) is 0 Å². The van der Waals surface area contributed by atoms with Crippen LogP contribution < -0.4 is 9.80 Å². The molecule has 0 aromatic heterocycles. The summed E-state index contributed by atoms with van der Waals surface area (Å²) < 4.78 is 0. The Morgan fingerprint density at radius 2 is 0.595 bits per heavy atom. The van der Waals surface area contributed by atoms with Crippen LogP contribution >= 0.6 is 11.6 Å². The van der Waals surface area contributed by atoms with Crippen LogP contribution in [0.25, 0.3) is 65.7 Å². The van der Waals surface area contributed by atoms with Gasteiger partial charge in [0.15, 0.2) is 0 Å². The van der Waals surface area contributed by atoms with Crippen LogP contribution in [-0.2, 0) is 21.7 Å². The summed E-state index contributed by atoms with van der Waals surface area (Å²) in [6.07, 6.45) is 0. The maximum atomic E-state index is 8.27. The number of hydrogen-bond donors (Lipinski definition) is 0. The van der Waals surface area contributed by atoms with E-state index in [9.17, 15) is 0 Å². The van der Waals surface area contributed by atoms with Crippen molar-refractivity contribution >= 4 is 78.0 Å². The fourth-order valence-corrected chi connectivity index (χ4v) is 11.6. The number of fused-ring (bicyclic) bond motifs is 6. The second-order valence-corrected chi connectivity index (χ2v) is 26.0. The van der Waals surface area contributed by atoms with Crippen molar-refractivity contribution in [2.24, 2.45) is 0 Å². The molecule has 11 aromatic rings. The van der Waals surface area contributed by atoms with Crippen LogP contribution in [0, 0.1) is 0 Å². The highest BCUT2D eigenvalue weighted by Gasteiger charge is 2.28. The first-order chi connectivity index (χ1) is 37.6. The Kier molecular flexibility index (Phi) is 13.7. The Balaban J connectivity index is 1.15. The Bertz CT molecular complexity index is 3990. The van der Waals surface area contributed by atoms with Crippen molar-refractivity contribution in [3.63, 3.8) is 0 Å². The summed E-state index contributed by atoms with van der Waals surface area (Å²) in [5.41, 5.74) is 17.7. The van der Waals surface area contributed by atoms with Crippen LogP contribution in [0.4, 0.5) is 34.1 Å². The van der Waals surface area contributed by atoms with Gasteiger partial charge in [0.2, 0.25) is 0 Å². The van der Waals surface area contributed by atoms with Gasteiger partial charge in [0.05, 0.1) is 27.8 Å². The Labute approximate surface area is 475 Å². The monoisotopic (exact) mass is 1050 g/mol. The highest BCUT2D eigenvalue weighted by atomic mass is 35.5. The first-order valence-corrected chi connectivity index (χ1v) is 28.4. The first kappa shape index (κ1) is 53.1. The third-order valence-corrected chi connectivity index (χ3v) is 16.4. The molecule has 0 bridgehead atoms. The summed E-state index contributed by atoms with van der Waals surface area (Å²) >= 11 is 8.27. The van der Waals surface area contributed by atoms with Gasteiger partial charge in [-0.05, 0) is 159 Å². The summed E-state index contributed by atoms with van der Waals surface area (Å²) in [6, 6.07) is 83.3. The van der Waals surface area contributed by atoms with Crippen molar-refractivity contribution < 1.29 is 0 Å². The molecule has 79 heavy (non-hydrogen) atoms. The van der Waals surface area contributed by atoms with Gasteiger partial charge in [-0.2, -0.15) is 0 Å². The molecule has 0 saturated carbocycles. The third kappa shape index (κ3) is 10.4. The highest BCUT2D eigenvalue weighted by molar-refractivity contribution is 6.37. The normalized spacial score (nSPS) is 12.4. The van der Waals surface area contributed by atoms with E-state index in [1.165, 1.54) is 60.1 Å². The molecule has 2 nitrogen and oxygen atoms in total. The van der Waals surface area contributed by atoms with E-state index in [1.54, 1.807) is 0 Å². The summed E-state index contributed by atoms with van der Waals surface area (Å²) in [5, 5.41) is 8.12. The van der Waals surface area contributed by atoms with E-state index in [4.69, 9.17) is 11.6 Å². The molecule has 394 valence electrons. The van der Waals surface area contributed by atoms with E-state index in [-0.39, 0.29) is 21.7 Å². The van der Waals surface area contributed by atoms with Gasteiger partial charge < -0.3 is 9.80 Å². The molecule has 0 spiro atoms.